The van der Waals surface area contributed by atoms with Crippen LogP contribution >= 0.6 is 23.1 Å². The molecule has 0 bridgehead atoms. The molecule has 1 aromatic heterocycles. The molecule has 1 heterocycles. The van der Waals surface area contributed by atoms with Crippen LogP contribution in [0.5, 0.6) is 5.75 Å². The van der Waals surface area contributed by atoms with Crippen molar-refractivity contribution in [2.75, 3.05) is 17.7 Å². The van der Waals surface area contributed by atoms with Crippen LogP contribution in [-0.4, -0.2) is 22.7 Å². The summed E-state index contributed by atoms with van der Waals surface area (Å²) >= 11 is 2.90. The number of nitrogens with one attached hydrogen (secondary N) is 1. The average Bonchev–Trinajstić information content (AvgIpc) is 3.13. The van der Waals surface area contributed by atoms with Crippen molar-refractivity contribution in [1.29, 1.82) is 0 Å². The number of amides is 1. The Labute approximate surface area is 167 Å². The zero-order chi connectivity index (χ0) is 19.2. The molecule has 0 aliphatic heterocycles. The van der Waals surface area contributed by atoms with Gasteiger partial charge in [0.2, 0.25) is 5.91 Å². The minimum absolute atomic E-state index is 0.0792. The van der Waals surface area contributed by atoms with E-state index in [4.69, 9.17) is 10.5 Å². The lowest BCUT2D eigenvalue weighted by Gasteiger charge is -2.10. The highest BCUT2D eigenvalue weighted by atomic mass is 32.2. The van der Waals surface area contributed by atoms with Crippen LogP contribution in [0.2, 0.25) is 0 Å². The topological polar surface area (TPSA) is 77.2 Å². The molecule has 1 atom stereocenters. The number of ether oxygens (including phenoxy) is 1. The quantitative estimate of drug-likeness (QED) is 0.436. The van der Waals surface area contributed by atoms with Crippen LogP contribution in [-0.2, 0) is 4.79 Å². The maximum Gasteiger partial charge on any atom is 0.239 e. The van der Waals surface area contributed by atoms with Gasteiger partial charge in [-0.15, -0.1) is 23.1 Å². The number of rotatable bonds is 7. The average molecular weight is 400 g/mol. The first-order valence-corrected chi connectivity index (χ1v) is 10.3. The van der Waals surface area contributed by atoms with Gasteiger partial charge in [-0.3, -0.25) is 4.79 Å². The lowest BCUT2D eigenvalue weighted by molar-refractivity contribution is -0.115. The maximum absolute atomic E-state index is 12.4. The number of carbonyl (C=O) groups is 1. The summed E-state index contributed by atoms with van der Waals surface area (Å²) in [6.07, 6.45) is 0. The second kappa shape index (κ2) is 8.92. The summed E-state index contributed by atoms with van der Waals surface area (Å²) in [6.45, 7) is 4.46. The number of aromatic nitrogens is 1. The van der Waals surface area contributed by atoms with Crippen molar-refractivity contribution in [2.24, 2.45) is 0 Å². The Morgan fingerprint density at radius 3 is 2.59 bits per heavy atom. The van der Waals surface area contributed by atoms with Crippen LogP contribution in [0.25, 0.3) is 11.3 Å². The number of thioether (sulfide) groups is 1. The molecule has 0 saturated carbocycles. The Hall–Kier alpha value is -2.51. The van der Waals surface area contributed by atoms with E-state index in [-0.39, 0.29) is 11.2 Å². The molecule has 1 unspecified atom stereocenters. The van der Waals surface area contributed by atoms with E-state index in [2.05, 4.69) is 10.3 Å². The Morgan fingerprint density at radius 2 is 1.93 bits per heavy atom. The van der Waals surface area contributed by atoms with Crippen molar-refractivity contribution >= 4 is 39.8 Å². The van der Waals surface area contributed by atoms with Crippen molar-refractivity contribution in [3.05, 3.63) is 53.9 Å². The second-order valence-corrected chi connectivity index (χ2v) is 8.09. The molecule has 3 N–H and O–H groups in total. The monoisotopic (exact) mass is 399 g/mol. The molecule has 0 aliphatic carbocycles. The summed E-state index contributed by atoms with van der Waals surface area (Å²) in [6, 6.07) is 15.3. The van der Waals surface area contributed by atoms with E-state index in [0.717, 1.165) is 21.9 Å². The van der Waals surface area contributed by atoms with Gasteiger partial charge in [-0.05, 0) is 62.4 Å². The van der Waals surface area contributed by atoms with Gasteiger partial charge in [0.15, 0.2) is 5.13 Å². The maximum atomic E-state index is 12.4. The first-order valence-electron chi connectivity index (χ1n) is 8.57. The van der Waals surface area contributed by atoms with Gasteiger partial charge < -0.3 is 15.8 Å². The van der Waals surface area contributed by atoms with Gasteiger partial charge in [-0.2, -0.15) is 0 Å². The highest BCUT2D eigenvalue weighted by Crippen LogP contribution is 2.28. The van der Waals surface area contributed by atoms with Gasteiger partial charge in [0.05, 0.1) is 17.6 Å². The molecular weight excluding hydrogens is 378 g/mol. The van der Waals surface area contributed by atoms with Gasteiger partial charge in [-0.1, -0.05) is 0 Å². The molecule has 7 heteroatoms. The molecule has 3 rings (SSSR count). The number of nitrogens with zero attached hydrogens (tertiary/aromatic N) is 1. The van der Waals surface area contributed by atoms with Crippen molar-refractivity contribution in [3.63, 3.8) is 0 Å². The van der Waals surface area contributed by atoms with Crippen LogP contribution in [0, 0.1) is 0 Å². The number of anilines is 2. The minimum atomic E-state index is -0.244. The third-order valence-electron chi connectivity index (χ3n) is 3.76. The first kappa shape index (κ1) is 19.3. The Bertz CT molecular complexity index is 892. The number of nitrogen functional groups attached to an aromatic ring is 1. The van der Waals surface area contributed by atoms with Crippen molar-refractivity contribution in [1.82, 2.24) is 4.98 Å². The molecule has 0 fully saturated rings. The first-order chi connectivity index (χ1) is 13.0. The molecule has 27 heavy (non-hydrogen) atoms. The van der Waals surface area contributed by atoms with E-state index in [9.17, 15) is 4.79 Å². The van der Waals surface area contributed by atoms with Crippen LogP contribution in [0.4, 0.5) is 10.8 Å². The van der Waals surface area contributed by atoms with Gasteiger partial charge >= 0.3 is 0 Å². The zero-order valence-corrected chi connectivity index (χ0v) is 16.8. The van der Waals surface area contributed by atoms with Gasteiger partial charge in [0, 0.05) is 21.5 Å². The number of carbonyl (C=O) groups excluding carboxylic acids is 1. The van der Waals surface area contributed by atoms with E-state index in [0.29, 0.717) is 17.4 Å². The van der Waals surface area contributed by atoms with E-state index < -0.39 is 0 Å². The Kier molecular flexibility index (Phi) is 6.36. The highest BCUT2D eigenvalue weighted by molar-refractivity contribution is 8.00. The van der Waals surface area contributed by atoms with Gasteiger partial charge in [-0.25, -0.2) is 4.98 Å². The Balaban J connectivity index is 1.60. The summed E-state index contributed by atoms with van der Waals surface area (Å²) in [5.74, 6) is 0.753. The lowest BCUT2D eigenvalue weighted by atomic mass is 10.2. The fourth-order valence-electron chi connectivity index (χ4n) is 2.36. The van der Waals surface area contributed by atoms with E-state index in [1.54, 1.807) is 0 Å². The fourth-order valence-corrected chi connectivity index (χ4v) is 3.95. The largest absolute Gasteiger partial charge is 0.494 e. The molecular formula is C20H21N3O2S2. The van der Waals surface area contributed by atoms with Gasteiger partial charge in [0.25, 0.3) is 0 Å². The molecule has 1 amide bonds. The molecule has 3 aromatic rings. The molecule has 5 nitrogen and oxygen atoms in total. The fraction of sp³-hybridized carbons (Fsp3) is 0.200. The van der Waals surface area contributed by atoms with Gasteiger partial charge in [0.1, 0.15) is 5.75 Å². The number of thiazole rings is 1. The van der Waals surface area contributed by atoms with Crippen LogP contribution < -0.4 is 15.8 Å². The van der Waals surface area contributed by atoms with E-state index >= 15 is 0 Å². The SMILES string of the molecule is CCOc1ccc(-c2csc(NC(=O)C(C)Sc3ccc(N)cc3)n2)cc1. The minimum Gasteiger partial charge on any atom is -0.494 e. The predicted molar refractivity (Wildman–Crippen MR) is 114 cm³/mol. The van der Waals surface area contributed by atoms with Crippen molar-refractivity contribution in [3.8, 4) is 17.0 Å². The van der Waals surface area contributed by atoms with Crippen LogP contribution in [0.3, 0.4) is 0 Å². The molecule has 140 valence electrons. The van der Waals surface area contributed by atoms with Crippen LogP contribution in [0.15, 0.2) is 58.8 Å². The molecule has 2 aromatic carbocycles. The van der Waals surface area contributed by atoms with Crippen molar-refractivity contribution < 1.29 is 9.53 Å². The number of benzene rings is 2. The molecule has 0 aliphatic rings. The summed E-state index contributed by atoms with van der Waals surface area (Å²) in [5, 5.41) is 5.17. The second-order valence-electron chi connectivity index (χ2n) is 5.81. The smallest absolute Gasteiger partial charge is 0.239 e. The number of nitrogens with two attached hydrogens (primary N) is 1. The number of hydrogen-bond donors (Lipinski definition) is 2. The highest BCUT2D eigenvalue weighted by Gasteiger charge is 2.16. The third kappa shape index (κ3) is 5.24. The summed E-state index contributed by atoms with van der Waals surface area (Å²) in [5.41, 5.74) is 8.22. The van der Waals surface area contributed by atoms with E-state index in [1.165, 1.54) is 23.1 Å². The molecule has 0 saturated heterocycles. The van der Waals surface area contributed by atoms with Crippen LogP contribution in [0.1, 0.15) is 13.8 Å². The zero-order valence-electron chi connectivity index (χ0n) is 15.1. The number of hydrogen-bond acceptors (Lipinski definition) is 6. The molecule has 0 spiro atoms. The Morgan fingerprint density at radius 1 is 1.22 bits per heavy atom. The normalized spacial score (nSPS) is 11.8. The molecule has 0 radical (unpaired) electrons. The van der Waals surface area contributed by atoms with Crippen molar-refractivity contribution in [2.45, 2.75) is 24.0 Å². The lowest BCUT2D eigenvalue weighted by Crippen LogP contribution is -2.22. The predicted octanol–water partition coefficient (Wildman–Crippen LogP) is 4.91. The summed E-state index contributed by atoms with van der Waals surface area (Å²) in [7, 11) is 0. The third-order valence-corrected chi connectivity index (χ3v) is 5.63. The summed E-state index contributed by atoms with van der Waals surface area (Å²) < 4.78 is 5.45. The summed E-state index contributed by atoms with van der Waals surface area (Å²) in [4.78, 5) is 18.0. The van der Waals surface area contributed by atoms with E-state index in [1.807, 2.05) is 67.8 Å². The standard InChI is InChI=1S/C20H21N3O2S2/c1-3-25-16-8-4-14(5-9-16)18-12-26-20(22-18)23-19(24)13(2)27-17-10-6-15(21)7-11-17/h4-13H,3,21H2,1-2H3,(H,22,23,24).